The normalized spacial score (nSPS) is 56.6. The Morgan fingerprint density at radius 2 is 1.89 bits per heavy atom. The van der Waals surface area contributed by atoms with Crippen molar-refractivity contribution >= 4 is 5.97 Å². The predicted molar refractivity (Wildman–Crippen MR) is 108 cm³/mol. The maximum absolute atomic E-state index is 11.1. The summed E-state index contributed by atoms with van der Waals surface area (Å²) in [6, 6.07) is 0. The number of rotatable bonds is 4. The lowest BCUT2D eigenvalue weighted by molar-refractivity contribution is -0.138. The van der Waals surface area contributed by atoms with Crippen LogP contribution < -0.4 is 0 Å². The van der Waals surface area contributed by atoms with Crippen molar-refractivity contribution in [3.63, 3.8) is 0 Å². The Morgan fingerprint density at radius 3 is 2.59 bits per heavy atom. The number of hydrogen-bond acceptors (Lipinski definition) is 1. The van der Waals surface area contributed by atoms with E-state index in [-0.39, 0.29) is 0 Å². The largest absolute Gasteiger partial charge is 0.481 e. The fourth-order valence-electron chi connectivity index (χ4n) is 10.4. The first-order valence-corrected chi connectivity index (χ1v) is 12.0. The van der Waals surface area contributed by atoms with Crippen LogP contribution in [-0.2, 0) is 4.79 Å². The van der Waals surface area contributed by atoms with Crippen LogP contribution in [0.25, 0.3) is 0 Å². The van der Waals surface area contributed by atoms with Crippen LogP contribution in [0.4, 0.5) is 0 Å². The minimum absolute atomic E-state index is 0.351. The Hall–Kier alpha value is -0.530. The Bertz CT molecular complexity index is 642. The molecule has 5 saturated carbocycles. The summed E-state index contributed by atoms with van der Waals surface area (Å²) in [5.74, 6) is 5.53. The third-order valence-corrected chi connectivity index (χ3v) is 11.6. The standard InChI is InChI=1S/C25H40O2/c1-15(5-8-22(26)27)19-6-7-20-18-13-16(2)25-14-17(25)9-12-24(25,4)21(18)10-11-23(19,20)3/h15-21H,5-14H2,1-4H3,(H,26,27)/t15-,16-,17-,18?,19?,20?,21?,23-,24-,25?/m1/s1. The molecule has 1 N–H and O–H groups in total. The molecule has 5 rings (SSSR count). The SMILES string of the molecule is C[C@H](CCC(=O)O)C1CCC2C3C[C@@H](C)C45C[C@H]4CC[C@]5(C)C3CC[C@@]21C. The molecule has 5 fully saturated rings. The zero-order chi connectivity index (χ0) is 19.2. The molecule has 0 aromatic rings. The zero-order valence-corrected chi connectivity index (χ0v) is 18.0. The van der Waals surface area contributed by atoms with Crippen molar-refractivity contribution in [2.45, 2.75) is 91.9 Å². The Morgan fingerprint density at radius 1 is 1.11 bits per heavy atom. The highest BCUT2D eigenvalue weighted by molar-refractivity contribution is 5.66. The summed E-state index contributed by atoms with van der Waals surface area (Å²) >= 11 is 0. The van der Waals surface area contributed by atoms with Crippen molar-refractivity contribution < 1.29 is 9.90 Å². The molecule has 27 heavy (non-hydrogen) atoms. The monoisotopic (exact) mass is 372 g/mol. The molecule has 0 aliphatic heterocycles. The van der Waals surface area contributed by atoms with Crippen molar-refractivity contribution in [1.82, 2.24) is 0 Å². The van der Waals surface area contributed by atoms with Gasteiger partial charge in [0.2, 0.25) is 0 Å². The van der Waals surface area contributed by atoms with E-state index in [0.717, 1.165) is 47.3 Å². The third-order valence-electron chi connectivity index (χ3n) is 11.6. The summed E-state index contributed by atoms with van der Waals surface area (Å²) in [4.78, 5) is 11.1. The fraction of sp³-hybridized carbons (Fsp3) is 0.960. The highest BCUT2D eigenvalue weighted by Crippen LogP contribution is 2.83. The van der Waals surface area contributed by atoms with Gasteiger partial charge in [-0.25, -0.2) is 0 Å². The number of fused-ring (bicyclic) bond motifs is 4. The second-order valence-electron chi connectivity index (χ2n) is 12.0. The van der Waals surface area contributed by atoms with E-state index in [1.165, 1.54) is 44.9 Å². The average molecular weight is 373 g/mol. The smallest absolute Gasteiger partial charge is 0.303 e. The van der Waals surface area contributed by atoms with E-state index in [2.05, 4.69) is 27.7 Å². The van der Waals surface area contributed by atoms with Gasteiger partial charge in [-0.05, 0) is 115 Å². The Kier molecular flexibility index (Phi) is 3.94. The molecule has 0 aromatic carbocycles. The van der Waals surface area contributed by atoms with Gasteiger partial charge in [0.15, 0.2) is 0 Å². The van der Waals surface area contributed by atoms with Crippen molar-refractivity contribution in [2.75, 3.05) is 0 Å². The van der Waals surface area contributed by atoms with E-state index in [4.69, 9.17) is 5.11 Å². The summed E-state index contributed by atoms with van der Waals surface area (Å²) in [6.07, 6.45) is 12.9. The van der Waals surface area contributed by atoms with E-state index >= 15 is 0 Å². The highest BCUT2D eigenvalue weighted by Gasteiger charge is 2.76. The van der Waals surface area contributed by atoms with E-state index in [1.54, 1.807) is 6.42 Å². The number of carboxylic acid groups (broad SMARTS) is 1. The molecule has 2 heteroatoms. The Labute approximate surface area is 165 Å². The number of aliphatic carboxylic acids is 1. The molecule has 0 bridgehead atoms. The van der Waals surface area contributed by atoms with Gasteiger partial charge >= 0.3 is 5.97 Å². The molecule has 5 aliphatic carbocycles. The summed E-state index contributed by atoms with van der Waals surface area (Å²) in [5.41, 5.74) is 1.84. The summed E-state index contributed by atoms with van der Waals surface area (Å²) in [6.45, 7) is 10.3. The first-order chi connectivity index (χ1) is 12.7. The second kappa shape index (κ2) is 5.76. The molecule has 0 radical (unpaired) electrons. The van der Waals surface area contributed by atoms with Crippen LogP contribution >= 0.6 is 0 Å². The minimum Gasteiger partial charge on any atom is -0.481 e. The number of carboxylic acids is 1. The van der Waals surface area contributed by atoms with Gasteiger partial charge < -0.3 is 5.11 Å². The molecule has 5 unspecified atom stereocenters. The lowest BCUT2D eigenvalue weighted by Crippen LogP contribution is -2.54. The lowest BCUT2D eigenvalue weighted by atomic mass is 9.44. The molecule has 1 spiro atoms. The molecule has 10 atom stereocenters. The van der Waals surface area contributed by atoms with Gasteiger partial charge in [0, 0.05) is 6.42 Å². The van der Waals surface area contributed by atoms with E-state index < -0.39 is 5.97 Å². The summed E-state index contributed by atoms with van der Waals surface area (Å²) in [7, 11) is 0. The lowest BCUT2D eigenvalue weighted by Gasteiger charge is -2.61. The van der Waals surface area contributed by atoms with Crippen molar-refractivity contribution in [1.29, 1.82) is 0 Å². The van der Waals surface area contributed by atoms with Gasteiger partial charge in [-0.2, -0.15) is 0 Å². The van der Waals surface area contributed by atoms with E-state index in [9.17, 15) is 4.79 Å². The Balaban J connectivity index is 1.39. The molecule has 5 aliphatic rings. The first-order valence-electron chi connectivity index (χ1n) is 12.0. The molecule has 2 nitrogen and oxygen atoms in total. The molecule has 0 amide bonds. The summed E-state index contributed by atoms with van der Waals surface area (Å²) in [5, 5.41) is 9.13. The molecular weight excluding hydrogens is 332 g/mol. The van der Waals surface area contributed by atoms with Crippen LogP contribution in [0.5, 0.6) is 0 Å². The van der Waals surface area contributed by atoms with Crippen LogP contribution in [0.3, 0.4) is 0 Å². The van der Waals surface area contributed by atoms with Crippen LogP contribution in [0.15, 0.2) is 0 Å². The molecule has 0 heterocycles. The van der Waals surface area contributed by atoms with Gasteiger partial charge in [-0.3, -0.25) is 4.79 Å². The number of hydrogen-bond donors (Lipinski definition) is 1. The van der Waals surface area contributed by atoms with E-state index in [1.807, 2.05) is 0 Å². The fourth-order valence-corrected chi connectivity index (χ4v) is 10.4. The van der Waals surface area contributed by atoms with Crippen molar-refractivity contribution in [2.24, 2.45) is 57.7 Å². The highest BCUT2D eigenvalue weighted by atomic mass is 16.4. The molecular formula is C25H40O2. The summed E-state index contributed by atoms with van der Waals surface area (Å²) < 4.78 is 0. The van der Waals surface area contributed by atoms with Gasteiger partial charge in [-0.15, -0.1) is 0 Å². The maximum atomic E-state index is 11.1. The topological polar surface area (TPSA) is 37.3 Å². The van der Waals surface area contributed by atoms with Gasteiger partial charge in [-0.1, -0.05) is 27.7 Å². The van der Waals surface area contributed by atoms with Crippen LogP contribution in [0.1, 0.15) is 91.9 Å². The van der Waals surface area contributed by atoms with Crippen LogP contribution in [-0.4, -0.2) is 11.1 Å². The minimum atomic E-state index is -0.621. The molecule has 152 valence electrons. The number of carbonyl (C=O) groups is 1. The zero-order valence-electron chi connectivity index (χ0n) is 18.0. The van der Waals surface area contributed by atoms with Crippen molar-refractivity contribution in [3.05, 3.63) is 0 Å². The second-order valence-corrected chi connectivity index (χ2v) is 12.0. The van der Waals surface area contributed by atoms with Crippen molar-refractivity contribution in [3.8, 4) is 0 Å². The average Bonchev–Trinajstić information content (AvgIpc) is 3.14. The first kappa shape index (κ1) is 18.5. The van der Waals surface area contributed by atoms with Gasteiger partial charge in [0.1, 0.15) is 0 Å². The molecule has 0 aromatic heterocycles. The van der Waals surface area contributed by atoms with Gasteiger partial charge in [0.05, 0.1) is 0 Å². The van der Waals surface area contributed by atoms with E-state index in [0.29, 0.717) is 23.2 Å². The maximum Gasteiger partial charge on any atom is 0.303 e. The van der Waals surface area contributed by atoms with Gasteiger partial charge in [0.25, 0.3) is 0 Å². The van der Waals surface area contributed by atoms with Crippen LogP contribution in [0, 0.1) is 57.7 Å². The quantitative estimate of drug-likeness (QED) is 0.620. The van der Waals surface area contributed by atoms with Crippen LogP contribution in [0.2, 0.25) is 0 Å². The molecule has 0 saturated heterocycles. The predicted octanol–water partition coefficient (Wildman–Crippen LogP) is 6.39. The third kappa shape index (κ3) is 2.22.